The molecule has 2 aromatic rings. The molecule has 5 heteroatoms. The van der Waals surface area contributed by atoms with Crippen LogP contribution in [0.25, 0.3) is 0 Å². The molecule has 0 saturated carbocycles. The topological polar surface area (TPSA) is 66.4 Å². The van der Waals surface area contributed by atoms with Gasteiger partial charge in [-0.2, -0.15) is 0 Å². The van der Waals surface area contributed by atoms with Crippen molar-refractivity contribution in [3.8, 4) is 0 Å². The summed E-state index contributed by atoms with van der Waals surface area (Å²) in [6.07, 6.45) is 0.219. The summed E-state index contributed by atoms with van der Waals surface area (Å²) in [5.41, 5.74) is 1.92. The molecular weight excluding hydrogens is 358 g/mol. The standard InChI is InChI=1S/C18H18BrNO3/c19-16-8-6-13(7-9-16)10-15(11-17(21)22)18(23)20-12-14-4-2-1-3-5-14/h1-9,15H,10-12H2,(H,20,23)(H,21,22)/t15-/m1/s1. The van der Waals surface area contributed by atoms with Crippen LogP contribution in [0.3, 0.4) is 0 Å². The molecule has 1 amide bonds. The molecule has 0 aliphatic carbocycles. The van der Waals surface area contributed by atoms with Crippen LogP contribution in [0.5, 0.6) is 0 Å². The van der Waals surface area contributed by atoms with Crippen LogP contribution in [-0.4, -0.2) is 17.0 Å². The van der Waals surface area contributed by atoms with Crippen LogP contribution < -0.4 is 5.32 Å². The van der Waals surface area contributed by atoms with Gasteiger partial charge in [0.15, 0.2) is 0 Å². The summed E-state index contributed by atoms with van der Waals surface area (Å²) >= 11 is 3.36. The molecule has 23 heavy (non-hydrogen) atoms. The van der Waals surface area contributed by atoms with E-state index in [2.05, 4.69) is 21.2 Å². The third kappa shape index (κ3) is 5.87. The van der Waals surface area contributed by atoms with E-state index < -0.39 is 11.9 Å². The molecule has 0 unspecified atom stereocenters. The summed E-state index contributed by atoms with van der Waals surface area (Å²) in [6.45, 7) is 0.399. The van der Waals surface area contributed by atoms with Crippen molar-refractivity contribution in [3.05, 3.63) is 70.2 Å². The van der Waals surface area contributed by atoms with Crippen molar-refractivity contribution in [1.29, 1.82) is 0 Å². The molecule has 0 heterocycles. The van der Waals surface area contributed by atoms with Crippen molar-refractivity contribution in [2.45, 2.75) is 19.4 Å². The van der Waals surface area contributed by atoms with Gasteiger partial charge in [0.1, 0.15) is 0 Å². The molecule has 0 bridgehead atoms. The first-order valence-corrected chi connectivity index (χ1v) is 8.12. The zero-order chi connectivity index (χ0) is 16.7. The van der Waals surface area contributed by atoms with Crippen molar-refractivity contribution in [1.82, 2.24) is 5.32 Å². The van der Waals surface area contributed by atoms with Crippen molar-refractivity contribution < 1.29 is 14.7 Å². The molecule has 0 aromatic heterocycles. The number of carboxylic acid groups (broad SMARTS) is 1. The van der Waals surface area contributed by atoms with Crippen LogP contribution in [0.4, 0.5) is 0 Å². The molecule has 0 spiro atoms. The normalized spacial score (nSPS) is 11.7. The Morgan fingerprint density at radius 3 is 2.26 bits per heavy atom. The fourth-order valence-electron chi connectivity index (χ4n) is 2.30. The highest BCUT2D eigenvalue weighted by molar-refractivity contribution is 9.10. The minimum absolute atomic E-state index is 0.184. The Kier molecular flexibility index (Phi) is 6.35. The summed E-state index contributed by atoms with van der Waals surface area (Å²) in [4.78, 5) is 23.4. The van der Waals surface area contributed by atoms with Gasteiger partial charge in [-0.3, -0.25) is 9.59 Å². The number of halogens is 1. The van der Waals surface area contributed by atoms with Gasteiger partial charge in [-0.05, 0) is 29.7 Å². The molecule has 120 valence electrons. The van der Waals surface area contributed by atoms with Crippen LogP contribution >= 0.6 is 15.9 Å². The van der Waals surface area contributed by atoms with Crippen LogP contribution in [0.2, 0.25) is 0 Å². The van der Waals surface area contributed by atoms with E-state index in [9.17, 15) is 9.59 Å². The number of benzene rings is 2. The first kappa shape index (κ1) is 17.2. The smallest absolute Gasteiger partial charge is 0.304 e. The highest BCUT2D eigenvalue weighted by Gasteiger charge is 2.22. The Bertz CT molecular complexity index is 656. The van der Waals surface area contributed by atoms with Gasteiger partial charge in [0.05, 0.1) is 12.3 Å². The van der Waals surface area contributed by atoms with Crippen molar-refractivity contribution in [2.24, 2.45) is 5.92 Å². The first-order valence-electron chi connectivity index (χ1n) is 7.32. The lowest BCUT2D eigenvalue weighted by atomic mass is 9.95. The van der Waals surface area contributed by atoms with Crippen molar-refractivity contribution in [2.75, 3.05) is 0 Å². The zero-order valence-electron chi connectivity index (χ0n) is 12.5. The number of amides is 1. The molecule has 0 radical (unpaired) electrons. The van der Waals surface area contributed by atoms with E-state index in [1.54, 1.807) is 0 Å². The van der Waals surface area contributed by atoms with Crippen LogP contribution in [-0.2, 0) is 22.6 Å². The van der Waals surface area contributed by atoms with E-state index in [-0.39, 0.29) is 12.3 Å². The molecule has 2 N–H and O–H groups in total. The highest BCUT2D eigenvalue weighted by Crippen LogP contribution is 2.16. The lowest BCUT2D eigenvalue weighted by molar-refractivity contribution is -0.141. The Hall–Kier alpha value is -2.14. The SMILES string of the molecule is O=C(O)C[C@@H](Cc1ccc(Br)cc1)C(=O)NCc1ccccc1. The molecule has 0 fully saturated rings. The Labute approximate surface area is 143 Å². The minimum Gasteiger partial charge on any atom is -0.481 e. The van der Waals surface area contributed by atoms with Crippen LogP contribution in [0.1, 0.15) is 17.5 Å². The Morgan fingerprint density at radius 2 is 1.65 bits per heavy atom. The summed E-state index contributed by atoms with van der Waals surface area (Å²) in [6, 6.07) is 17.1. The fraction of sp³-hybridized carbons (Fsp3) is 0.222. The largest absolute Gasteiger partial charge is 0.481 e. The number of aliphatic carboxylic acids is 1. The number of carbonyl (C=O) groups is 2. The monoisotopic (exact) mass is 375 g/mol. The Balaban J connectivity index is 2.00. The highest BCUT2D eigenvalue weighted by atomic mass is 79.9. The van der Waals surface area contributed by atoms with Gasteiger partial charge in [0.25, 0.3) is 0 Å². The predicted octanol–water partition coefficient (Wildman–Crippen LogP) is 3.40. The second-order valence-corrected chi connectivity index (χ2v) is 6.24. The molecule has 4 nitrogen and oxygen atoms in total. The van der Waals surface area contributed by atoms with Crippen molar-refractivity contribution in [3.63, 3.8) is 0 Å². The molecular formula is C18H18BrNO3. The number of carbonyl (C=O) groups excluding carboxylic acids is 1. The molecule has 0 aliphatic rings. The van der Waals surface area contributed by atoms with Gasteiger partial charge in [-0.25, -0.2) is 0 Å². The number of hydrogen-bond donors (Lipinski definition) is 2. The maximum Gasteiger partial charge on any atom is 0.304 e. The fourth-order valence-corrected chi connectivity index (χ4v) is 2.57. The van der Waals surface area contributed by atoms with Crippen molar-refractivity contribution >= 4 is 27.8 Å². The number of carboxylic acids is 1. The second-order valence-electron chi connectivity index (χ2n) is 5.33. The molecule has 1 atom stereocenters. The lowest BCUT2D eigenvalue weighted by Crippen LogP contribution is -2.33. The third-order valence-electron chi connectivity index (χ3n) is 3.50. The van der Waals surface area contributed by atoms with Crippen LogP contribution in [0.15, 0.2) is 59.1 Å². The van der Waals surface area contributed by atoms with Gasteiger partial charge in [0, 0.05) is 11.0 Å². The van der Waals surface area contributed by atoms with E-state index in [0.717, 1.165) is 15.6 Å². The van der Waals surface area contributed by atoms with E-state index in [4.69, 9.17) is 5.11 Å². The molecule has 2 rings (SSSR count). The lowest BCUT2D eigenvalue weighted by Gasteiger charge is -2.15. The second kappa shape index (κ2) is 8.48. The maximum atomic E-state index is 12.3. The summed E-state index contributed by atoms with van der Waals surface area (Å²) in [7, 11) is 0. The number of nitrogens with one attached hydrogen (secondary N) is 1. The zero-order valence-corrected chi connectivity index (χ0v) is 14.1. The van der Waals surface area contributed by atoms with E-state index in [0.29, 0.717) is 13.0 Å². The summed E-state index contributed by atoms with van der Waals surface area (Å²) in [5, 5.41) is 11.9. The average Bonchev–Trinajstić information content (AvgIpc) is 2.54. The van der Waals surface area contributed by atoms with Gasteiger partial charge in [0.2, 0.25) is 5.91 Å². The van der Waals surface area contributed by atoms with E-state index >= 15 is 0 Å². The van der Waals surface area contributed by atoms with Gasteiger partial charge >= 0.3 is 5.97 Å². The average molecular weight is 376 g/mol. The molecule has 0 aliphatic heterocycles. The van der Waals surface area contributed by atoms with Crippen LogP contribution in [0, 0.1) is 5.92 Å². The van der Waals surface area contributed by atoms with Gasteiger partial charge in [-0.15, -0.1) is 0 Å². The molecule has 2 aromatic carbocycles. The number of hydrogen-bond acceptors (Lipinski definition) is 2. The predicted molar refractivity (Wildman–Crippen MR) is 91.9 cm³/mol. The van der Waals surface area contributed by atoms with Gasteiger partial charge < -0.3 is 10.4 Å². The van der Waals surface area contributed by atoms with Gasteiger partial charge in [-0.1, -0.05) is 58.4 Å². The number of rotatable bonds is 7. The minimum atomic E-state index is -0.970. The quantitative estimate of drug-likeness (QED) is 0.779. The van der Waals surface area contributed by atoms with E-state index in [1.165, 1.54) is 0 Å². The summed E-state index contributed by atoms with van der Waals surface area (Å²) < 4.78 is 0.949. The van der Waals surface area contributed by atoms with E-state index in [1.807, 2.05) is 54.6 Å². The third-order valence-corrected chi connectivity index (χ3v) is 4.03. The molecule has 0 saturated heterocycles. The Morgan fingerprint density at radius 1 is 1.00 bits per heavy atom. The maximum absolute atomic E-state index is 12.3. The summed E-state index contributed by atoms with van der Waals surface area (Å²) in [5.74, 6) is -1.79. The first-order chi connectivity index (χ1) is 11.0.